The molecule has 4 nitrogen and oxygen atoms in total. The maximum absolute atomic E-state index is 12.2. The Kier molecular flexibility index (Phi) is 6.49. The highest BCUT2D eigenvalue weighted by molar-refractivity contribution is 5.92. The number of aliphatic hydroxyl groups is 1. The summed E-state index contributed by atoms with van der Waals surface area (Å²) in [5.41, 5.74) is 2.25. The number of carbonyl (C=O) groups is 1. The summed E-state index contributed by atoms with van der Waals surface area (Å²) >= 11 is 0. The highest BCUT2D eigenvalue weighted by Crippen LogP contribution is 2.29. The van der Waals surface area contributed by atoms with Gasteiger partial charge in [0.15, 0.2) is 0 Å². The lowest BCUT2D eigenvalue weighted by molar-refractivity contribution is -0.116. The standard InChI is InChI=1S/C21H32N2O2/c1-17(24)23-15-9-3-2-8-14-22(20-12-6-7-13-21(20)25)16-18-10-4-5-11-19(18)23/h4-5,10-11,20-21,25H,2-3,6-9,12-16H2,1H3. The molecule has 1 aromatic carbocycles. The van der Waals surface area contributed by atoms with E-state index in [2.05, 4.69) is 23.1 Å². The second kappa shape index (κ2) is 8.81. The van der Waals surface area contributed by atoms with Crippen molar-refractivity contribution in [2.75, 3.05) is 18.0 Å². The fraction of sp³-hybridized carbons (Fsp3) is 0.667. The van der Waals surface area contributed by atoms with Crippen molar-refractivity contribution in [2.45, 2.75) is 77.0 Å². The molecule has 4 heteroatoms. The number of anilines is 1. The minimum atomic E-state index is -0.213. The van der Waals surface area contributed by atoms with E-state index in [9.17, 15) is 9.90 Å². The molecule has 138 valence electrons. The molecule has 2 aliphatic rings. The van der Waals surface area contributed by atoms with Crippen LogP contribution in [0.3, 0.4) is 0 Å². The Balaban J connectivity index is 1.89. The van der Waals surface area contributed by atoms with Gasteiger partial charge >= 0.3 is 0 Å². The maximum Gasteiger partial charge on any atom is 0.223 e. The van der Waals surface area contributed by atoms with Crippen LogP contribution in [0, 0.1) is 0 Å². The molecule has 1 fully saturated rings. The summed E-state index contributed by atoms with van der Waals surface area (Å²) in [6.07, 6.45) is 8.72. The van der Waals surface area contributed by atoms with Crippen LogP contribution in [-0.2, 0) is 11.3 Å². The van der Waals surface area contributed by atoms with Crippen molar-refractivity contribution in [2.24, 2.45) is 0 Å². The number of nitrogens with zero attached hydrogens (tertiary/aromatic N) is 2. The minimum absolute atomic E-state index is 0.121. The predicted octanol–water partition coefficient (Wildman–Crippen LogP) is 3.72. The molecular formula is C21H32N2O2. The van der Waals surface area contributed by atoms with Crippen molar-refractivity contribution in [3.8, 4) is 0 Å². The van der Waals surface area contributed by atoms with Crippen LogP contribution in [0.5, 0.6) is 0 Å². The van der Waals surface area contributed by atoms with Crippen LogP contribution < -0.4 is 4.90 Å². The van der Waals surface area contributed by atoms with Crippen LogP contribution in [-0.4, -0.2) is 41.1 Å². The molecule has 3 rings (SSSR count). The van der Waals surface area contributed by atoms with E-state index in [-0.39, 0.29) is 18.1 Å². The normalized spacial score (nSPS) is 26.6. The number of amides is 1. The van der Waals surface area contributed by atoms with E-state index in [0.717, 1.165) is 57.4 Å². The summed E-state index contributed by atoms with van der Waals surface area (Å²) in [6, 6.07) is 8.56. The molecule has 0 aromatic heterocycles. The van der Waals surface area contributed by atoms with Gasteiger partial charge in [-0.25, -0.2) is 0 Å². The SMILES string of the molecule is CC(=O)N1CCCCCCN(C2CCCCC2O)Cc2ccccc21. The van der Waals surface area contributed by atoms with E-state index in [1.807, 2.05) is 11.0 Å². The highest BCUT2D eigenvalue weighted by atomic mass is 16.3. The van der Waals surface area contributed by atoms with Gasteiger partial charge in [-0.1, -0.05) is 43.9 Å². The topological polar surface area (TPSA) is 43.8 Å². The van der Waals surface area contributed by atoms with Crippen LogP contribution in [0.25, 0.3) is 0 Å². The molecule has 1 saturated carbocycles. The molecule has 2 unspecified atom stereocenters. The summed E-state index contributed by atoms with van der Waals surface area (Å²) in [6.45, 7) is 4.33. The zero-order chi connectivity index (χ0) is 17.6. The van der Waals surface area contributed by atoms with Crippen molar-refractivity contribution >= 4 is 11.6 Å². The van der Waals surface area contributed by atoms with Crippen LogP contribution in [0.1, 0.15) is 63.9 Å². The summed E-state index contributed by atoms with van der Waals surface area (Å²) < 4.78 is 0. The lowest BCUT2D eigenvalue weighted by Gasteiger charge is -2.38. The molecular weight excluding hydrogens is 312 g/mol. The molecule has 0 spiro atoms. The van der Waals surface area contributed by atoms with Gasteiger partial charge in [0.2, 0.25) is 5.91 Å². The van der Waals surface area contributed by atoms with Crippen molar-refractivity contribution in [3.05, 3.63) is 29.8 Å². The molecule has 1 amide bonds. The first-order chi connectivity index (χ1) is 12.2. The first-order valence-corrected chi connectivity index (χ1v) is 9.95. The second-order valence-corrected chi connectivity index (χ2v) is 7.60. The van der Waals surface area contributed by atoms with E-state index in [1.165, 1.54) is 24.8 Å². The number of fused-ring (bicyclic) bond motifs is 1. The molecule has 25 heavy (non-hydrogen) atoms. The van der Waals surface area contributed by atoms with Crippen LogP contribution in [0.2, 0.25) is 0 Å². The Morgan fingerprint density at radius 3 is 2.48 bits per heavy atom. The summed E-state index contributed by atoms with van der Waals surface area (Å²) in [4.78, 5) is 16.6. The van der Waals surface area contributed by atoms with E-state index < -0.39 is 0 Å². The van der Waals surface area contributed by atoms with Gasteiger partial charge in [-0.2, -0.15) is 0 Å². The quantitative estimate of drug-likeness (QED) is 0.844. The Morgan fingerprint density at radius 1 is 1.00 bits per heavy atom. The fourth-order valence-electron chi connectivity index (χ4n) is 4.39. The number of aliphatic hydroxyl groups excluding tert-OH is 1. The van der Waals surface area contributed by atoms with Gasteiger partial charge in [0.05, 0.1) is 6.10 Å². The van der Waals surface area contributed by atoms with Crippen molar-refractivity contribution < 1.29 is 9.90 Å². The van der Waals surface area contributed by atoms with Gasteiger partial charge in [0, 0.05) is 31.7 Å². The lowest BCUT2D eigenvalue weighted by atomic mass is 9.90. The lowest BCUT2D eigenvalue weighted by Crippen LogP contribution is -2.45. The van der Waals surface area contributed by atoms with Crippen molar-refractivity contribution in [3.63, 3.8) is 0 Å². The third-order valence-electron chi connectivity index (χ3n) is 5.78. The molecule has 0 bridgehead atoms. The predicted molar refractivity (Wildman–Crippen MR) is 102 cm³/mol. The Hall–Kier alpha value is -1.39. The number of hydrogen-bond donors (Lipinski definition) is 1. The first-order valence-electron chi connectivity index (χ1n) is 9.95. The van der Waals surface area contributed by atoms with Gasteiger partial charge in [-0.15, -0.1) is 0 Å². The van der Waals surface area contributed by atoms with Crippen LogP contribution in [0.15, 0.2) is 24.3 Å². The van der Waals surface area contributed by atoms with E-state index in [0.29, 0.717) is 0 Å². The molecule has 1 aliphatic carbocycles. The second-order valence-electron chi connectivity index (χ2n) is 7.60. The Labute approximate surface area is 151 Å². The zero-order valence-electron chi connectivity index (χ0n) is 15.5. The molecule has 1 aliphatic heterocycles. The average molecular weight is 344 g/mol. The van der Waals surface area contributed by atoms with Crippen LogP contribution >= 0.6 is 0 Å². The summed E-state index contributed by atoms with van der Waals surface area (Å²) in [7, 11) is 0. The molecule has 0 saturated heterocycles. The smallest absolute Gasteiger partial charge is 0.223 e. The Bertz CT molecular complexity index is 575. The molecule has 2 atom stereocenters. The van der Waals surface area contributed by atoms with Gasteiger partial charge in [-0.05, 0) is 43.9 Å². The Morgan fingerprint density at radius 2 is 1.72 bits per heavy atom. The first kappa shape index (κ1) is 18.4. The maximum atomic E-state index is 12.2. The van der Waals surface area contributed by atoms with E-state index in [1.54, 1.807) is 6.92 Å². The molecule has 0 radical (unpaired) electrons. The van der Waals surface area contributed by atoms with Crippen molar-refractivity contribution in [1.82, 2.24) is 4.90 Å². The number of benzene rings is 1. The molecule has 1 aromatic rings. The number of hydrogen-bond acceptors (Lipinski definition) is 3. The summed E-state index contributed by atoms with van der Waals surface area (Å²) in [5.74, 6) is 0.121. The third-order valence-corrected chi connectivity index (χ3v) is 5.78. The van der Waals surface area contributed by atoms with Gasteiger partial charge in [-0.3, -0.25) is 9.69 Å². The van der Waals surface area contributed by atoms with E-state index in [4.69, 9.17) is 0 Å². The van der Waals surface area contributed by atoms with E-state index >= 15 is 0 Å². The molecule has 1 N–H and O–H groups in total. The number of rotatable bonds is 1. The largest absolute Gasteiger partial charge is 0.391 e. The molecule has 1 heterocycles. The third kappa shape index (κ3) is 4.62. The zero-order valence-corrected chi connectivity index (χ0v) is 15.5. The minimum Gasteiger partial charge on any atom is -0.391 e. The van der Waals surface area contributed by atoms with Gasteiger partial charge in [0.25, 0.3) is 0 Å². The van der Waals surface area contributed by atoms with Crippen molar-refractivity contribution in [1.29, 1.82) is 0 Å². The van der Waals surface area contributed by atoms with Crippen LogP contribution in [0.4, 0.5) is 5.69 Å². The average Bonchev–Trinajstić information content (AvgIpc) is 2.64. The van der Waals surface area contributed by atoms with Gasteiger partial charge in [0.1, 0.15) is 0 Å². The number of carbonyl (C=O) groups excluding carboxylic acids is 1. The fourth-order valence-corrected chi connectivity index (χ4v) is 4.39. The highest BCUT2D eigenvalue weighted by Gasteiger charge is 2.29. The monoisotopic (exact) mass is 344 g/mol. The van der Waals surface area contributed by atoms with Gasteiger partial charge < -0.3 is 10.0 Å². The summed E-state index contributed by atoms with van der Waals surface area (Å²) in [5, 5.41) is 10.5. The number of para-hydroxylation sites is 1.